The molecule has 0 atom stereocenters. The maximum absolute atomic E-state index is 11.9. The van der Waals surface area contributed by atoms with Gasteiger partial charge in [-0.3, -0.25) is 10.1 Å². The van der Waals surface area contributed by atoms with E-state index in [0.29, 0.717) is 30.2 Å². The van der Waals surface area contributed by atoms with E-state index in [9.17, 15) is 14.9 Å². The van der Waals surface area contributed by atoms with Gasteiger partial charge in [0.2, 0.25) is 0 Å². The van der Waals surface area contributed by atoms with Crippen molar-refractivity contribution in [2.75, 3.05) is 18.0 Å². The first-order valence-electron chi connectivity index (χ1n) is 10.6. The summed E-state index contributed by atoms with van der Waals surface area (Å²) in [4.78, 5) is 28.8. The molecule has 0 amide bonds. The summed E-state index contributed by atoms with van der Waals surface area (Å²) < 4.78 is 5.80. The second-order valence-electron chi connectivity index (χ2n) is 7.91. The third-order valence-electron chi connectivity index (χ3n) is 5.61. The van der Waals surface area contributed by atoms with Crippen LogP contribution < -0.4 is 9.64 Å². The molecule has 7 heteroatoms. The first-order chi connectivity index (χ1) is 14.5. The summed E-state index contributed by atoms with van der Waals surface area (Å²) in [5, 5.41) is 11.9. The summed E-state index contributed by atoms with van der Waals surface area (Å²) in [5.41, 5.74) is 1.49. The standard InChI is InChI=1S/C23H29N3O4/c1-3-4-18-12-15-25(16-13-18)21-11-14-24-23(22(21)26(28)29)30-20-9-7-19(8-10-20)6-5-17(2)27/h7-11,14,18H,3-6,12-13,15-16H2,1-2H3. The van der Waals surface area contributed by atoms with Crippen LogP contribution in [0.5, 0.6) is 11.6 Å². The van der Waals surface area contributed by atoms with Crippen molar-refractivity contribution in [3.05, 3.63) is 52.2 Å². The van der Waals surface area contributed by atoms with Gasteiger partial charge in [0.05, 0.1) is 4.92 Å². The first kappa shape index (κ1) is 21.7. The lowest BCUT2D eigenvalue weighted by Gasteiger charge is -2.33. The van der Waals surface area contributed by atoms with Gasteiger partial charge in [-0.1, -0.05) is 31.9 Å². The van der Waals surface area contributed by atoms with Gasteiger partial charge in [-0.2, -0.15) is 0 Å². The molecule has 0 N–H and O–H groups in total. The normalized spacial score (nSPS) is 14.5. The van der Waals surface area contributed by atoms with Crippen LogP contribution in [0.3, 0.4) is 0 Å². The molecule has 1 aliphatic heterocycles. The maximum atomic E-state index is 11.9. The van der Waals surface area contributed by atoms with E-state index >= 15 is 0 Å². The van der Waals surface area contributed by atoms with Crippen molar-refractivity contribution in [1.82, 2.24) is 4.98 Å². The number of Topliss-reactive ketones (excluding diaryl/α,β-unsaturated/α-hetero) is 1. The smallest absolute Gasteiger partial charge is 0.354 e. The van der Waals surface area contributed by atoms with Crippen molar-refractivity contribution < 1.29 is 14.5 Å². The van der Waals surface area contributed by atoms with Crippen LogP contribution >= 0.6 is 0 Å². The lowest BCUT2D eigenvalue weighted by Crippen LogP contribution is -2.34. The molecular weight excluding hydrogens is 382 g/mol. The quantitative estimate of drug-likeness (QED) is 0.410. The monoisotopic (exact) mass is 411 g/mol. The van der Waals surface area contributed by atoms with Crippen LogP contribution in [0.1, 0.15) is 51.5 Å². The fraction of sp³-hybridized carbons (Fsp3) is 0.478. The van der Waals surface area contributed by atoms with Crippen LogP contribution in [-0.4, -0.2) is 28.8 Å². The molecule has 2 aromatic rings. The van der Waals surface area contributed by atoms with Crippen LogP contribution in [0.2, 0.25) is 0 Å². The zero-order valence-electron chi connectivity index (χ0n) is 17.7. The molecule has 0 radical (unpaired) electrons. The van der Waals surface area contributed by atoms with Crippen LogP contribution in [0.15, 0.2) is 36.5 Å². The highest BCUT2D eigenvalue weighted by atomic mass is 16.6. The second kappa shape index (κ2) is 10.2. The Labute approximate surface area is 177 Å². The number of ketones is 1. The largest absolute Gasteiger partial charge is 0.434 e. The molecular formula is C23H29N3O4. The van der Waals surface area contributed by atoms with Crippen molar-refractivity contribution in [3.8, 4) is 11.6 Å². The van der Waals surface area contributed by atoms with Gasteiger partial charge in [0.15, 0.2) is 0 Å². The van der Waals surface area contributed by atoms with Crippen molar-refractivity contribution in [2.24, 2.45) is 5.92 Å². The lowest BCUT2D eigenvalue weighted by atomic mass is 9.92. The molecule has 1 fully saturated rings. The maximum Gasteiger partial charge on any atom is 0.354 e. The topological polar surface area (TPSA) is 85.6 Å². The number of piperidine rings is 1. The lowest BCUT2D eigenvalue weighted by molar-refractivity contribution is -0.385. The molecule has 0 unspecified atom stereocenters. The molecule has 0 bridgehead atoms. The van der Waals surface area contributed by atoms with Gasteiger partial charge >= 0.3 is 11.6 Å². The van der Waals surface area contributed by atoms with E-state index in [0.717, 1.165) is 31.5 Å². The van der Waals surface area contributed by atoms with Gasteiger partial charge in [0, 0.05) is 25.7 Å². The number of nitrogens with zero attached hydrogens (tertiary/aromatic N) is 3. The average Bonchev–Trinajstić information content (AvgIpc) is 2.73. The fourth-order valence-electron chi connectivity index (χ4n) is 3.95. The Morgan fingerprint density at radius 3 is 2.53 bits per heavy atom. The highest BCUT2D eigenvalue weighted by Gasteiger charge is 2.29. The number of nitro groups is 1. The van der Waals surface area contributed by atoms with E-state index in [-0.39, 0.29) is 17.4 Å². The Morgan fingerprint density at radius 2 is 1.93 bits per heavy atom. The van der Waals surface area contributed by atoms with Crippen LogP contribution in [0.4, 0.5) is 11.4 Å². The summed E-state index contributed by atoms with van der Waals surface area (Å²) >= 11 is 0. The predicted molar refractivity (Wildman–Crippen MR) is 116 cm³/mol. The zero-order valence-corrected chi connectivity index (χ0v) is 17.7. The van der Waals surface area contributed by atoms with Gasteiger partial charge in [-0.05, 0) is 55.9 Å². The van der Waals surface area contributed by atoms with Crippen molar-refractivity contribution in [1.29, 1.82) is 0 Å². The Balaban J connectivity index is 1.76. The fourth-order valence-corrected chi connectivity index (χ4v) is 3.95. The highest BCUT2D eigenvalue weighted by Crippen LogP contribution is 2.39. The number of rotatable bonds is 9. The van der Waals surface area contributed by atoms with Crippen LogP contribution in [-0.2, 0) is 11.2 Å². The summed E-state index contributed by atoms with van der Waals surface area (Å²) in [6, 6.07) is 8.95. The molecule has 30 heavy (non-hydrogen) atoms. The number of carbonyl (C=O) groups is 1. The molecule has 1 aromatic heterocycles. The minimum absolute atomic E-state index is 0.00432. The summed E-state index contributed by atoms with van der Waals surface area (Å²) in [7, 11) is 0. The molecule has 7 nitrogen and oxygen atoms in total. The number of anilines is 1. The number of carbonyl (C=O) groups excluding carboxylic acids is 1. The Bertz CT molecular complexity index is 875. The van der Waals surface area contributed by atoms with Crippen molar-refractivity contribution >= 4 is 17.2 Å². The molecule has 1 saturated heterocycles. The number of hydrogen-bond donors (Lipinski definition) is 0. The molecule has 160 valence electrons. The number of ether oxygens (including phenoxy) is 1. The summed E-state index contributed by atoms with van der Waals surface area (Å²) in [6.07, 6.45) is 7.20. The second-order valence-corrected chi connectivity index (χ2v) is 7.91. The van der Waals surface area contributed by atoms with E-state index in [1.807, 2.05) is 12.1 Å². The number of hydrogen-bond acceptors (Lipinski definition) is 6. The minimum atomic E-state index is -0.406. The van der Waals surface area contributed by atoms with E-state index in [2.05, 4.69) is 16.8 Å². The van der Waals surface area contributed by atoms with Gasteiger partial charge in [0.25, 0.3) is 0 Å². The molecule has 1 aromatic carbocycles. The van der Waals surface area contributed by atoms with Gasteiger partial charge < -0.3 is 14.4 Å². The van der Waals surface area contributed by atoms with E-state index in [1.54, 1.807) is 31.3 Å². The molecule has 3 rings (SSSR count). The number of aromatic nitrogens is 1. The van der Waals surface area contributed by atoms with Crippen molar-refractivity contribution in [3.63, 3.8) is 0 Å². The first-order valence-corrected chi connectivity index (χ1v) is 10.6. The highest BCUT2D eigenvalue weighted by molar-refractivity contribution is 5.75. The van der Waals surface area contributed by atoms with Crippen LogP contribution in [0, 0.1) is 16.0 Å². The van der Waals surface area contributed by atoms with Gasteiger partial charge in [-0.25, -0.2) is 4.98 Å². The van der Waals surface area contributed by atoms with Crippen LogP contribution in [0.25, 0.3) is 0 Å². The predicted octanol–water partition coefficient (Wildman–Crippen LogP) is 5.32. The molecule has 2 heterocycles. The minimum Gasteiger partial charge on any atom is -0.434 e. The number of aryl methyl sites for hydroxylation is 1. The average molecular weight is 412 g/mol. The van der Waals surface area contributed by atoms with Gasteiger partial charge in [-0.15, -0.1) is 0 Å². The molecule has 1 aliphatic rings. The Kier molecular flexibility index (Phi) is 7.38. The molecule has 0 saturated carbocycles. The third kappa shape index (κ3) is 5.55. The summed E-state index contributed by atoms with van der Waals surface area (Å²) in [6.45, 7) is 5.38. The Hall–Kier alpha value is -2.96. The zero-order chi connectivity index (χ0) is 21.5. The SMILES string of the molecule is CCCC1CCN(c2ccnc(Oc3ccc(CCC(C)=O)cc3)c2[N+](=O)[O-])CC1. The van der Waals surface area contributed by atoms with Crippen molar-refractivity contribution in [2.45, 2.75) is 52.4 Å². The number of pyridine rings is 1. The molecule has 0 spiro atoms. The third-order valence-corrected chi connectivity index (χ3v) is 5.61. The van der Waals surface area contributed by atoms with Gasteiger partial charge in [0.1, 0.15) is 17.2 Å². The molecule has 0 aliphatic carbocycles. The van der Waals surface area contributed by atoms with E-state index in [1.165, 1.54) is 12.8 Å². The van der Waals surface area contributed by atoms with E-state index < -0.39 is 4.92 Å². The Morgan fingerprint density at radius 1 is 1.23 bits per heavy atom. The van der Waals surface area contributed by atoms with E-state index in [4.69, 9.17) is 4.74 Å². The number of benzene rings is 1. The summed E-state index contributed by atoms with van der Waals surface area (Å²) in [5.74, 6) is 1.33.